The first kappa shape index (κ1) is 27.4. The van der Waals surface area contributed by atoms with Crippen LogP contribution in [0.15, 0.2) is 18.2 Å². The van der Waals surface area contributed by atoms with Crippen molar-refractivity contribution in [1.29, 1.82) is 0 Å². The maximum absolute atomic E-state index is 12.5. The van der Waals surface area contributed by atoms with Crippen molar-refractivity contribution in [3.05, 3.63) is 33.8 Å². The molecule has 0 radical (unpaired) electrons. The van der Waals surface area contributed by atoms with Crippen LogP contribution in [0.25, 0.3) is 0 Å². The number of benzene rings is 1. The number of hydrogen-bond acceptors (Lipinski definition) is 7. The summed E-state index contributed by atoms with van der Waals surface area (Å²) in [5, 5.41) is 23.7. The van der Waals surface area contributed by atoms with E-state index in [0.717, 1.165) is 0 Å². The van der Waals surface area contributed by atoms with Gasteiger partial charge in [-0.1, -0.05) is 37.0 Å². The van der Waals surface area contributed by atoms with Crippen molar-refractivity contribution in [1.82, 2.24) is 10.6 Å². The van der Waals surface area contributed by atoms with Crippen molar-refractivity contribution >= 4 is 60.0 Å². The number of carboxylic acids is 2. The highest BCUT2D eigenvalue weighted by Gasteiger charge is 2.57. The highest BCUT2D eigenvalue weighted by Crippen LogP contribution is 2.32. The van der Waals surface area contributed by atoms with Crippen LogP contribution in [0, 0.1) is 5.92 Å². The summed E-state index contributed by atoms with van der Waals surface area (Å²) >= 11 is 11.8. The fourth-order valence-electron chi connectivity index (χ4n) is 3.38. The molecule has 2 amide bonds. The lowest BCUT2D eigenvalue weighted by Crippen LogP contribution is -2.51. The van der Waals surface area contributed by atoms with Crippen LogP contribution in [0.4, 0.5) is 0 Å². The Hall–Kier alpha value is -2.83. The molecule has 0 spiro atoms. The molecular weight excluding hydrogens is 503 g/mol. The first-order valence-corrected chi connectivity index (χ1v) is 10.9. The summed E-state index contributed by atoms with van der Waals surface area (Å²) in [4.78, 5) is 59.7. The Morgan fingerprint density at radius 2 is 1.74 bits per heavy atom. The van der Waals surface area contributed by atoms with Crippen molar-refractivity contribution in [3.8, 4) is 0 Å². The average molecular weight is 526 g/mol. The number of hydrogen-bond donors (Lipinski definition) is 4. The fourth-order valence-corrected chi connectivity index (χ4v) is 3.76. The molecular formula is C20H23BCl2N2O9. The number of carbonyl (C=O) groups is 5. The lowest BCUT2D eigenvalue weighted by Gasteiger charge is -2.24. The summed E-state index contributed by atoms with van der Waals surface area (Å²) in [6.45, 7) is 3.17. The summed E-state index contributed by atoms with van der Waals surface area (Å²) in [6, 6.07) is 4.28. The van der Waals surface area contributed by atoms with Gasteiger partial charge in [0.1, 0.15) is 0 Å². The molecule has 14 heteroatoms. The summed E-state index contributed by atoms with van der Waals surface area (Å²) in [5.74, 6) is -6.32. The van der Waals surface area contributed by atoms with Gasteiger partial charge < -0.3 is 30.2 Å². The molecule has 1 saturated heterocycles. The van der Waals surface area contributed by atoms with Gasteiger partial charge in [-0.25, -0.2) is 0 Å². The molecule has 1 aliphatic heterocycles. The van der Waals surface area contributed by atoms with E-state index in [2.05, 4.69) is 10.6 Å². The zero-order chi connectivity index (χ0) is 25.6. The minimum atomic E-state index is -2.22. The number of aliphatic carboxylic acids is 2. The van der Waals surface area contributed by atoms with Gasteiger partial charge >= 0.3 is 25.0 Å². The van der Waals surface area contributed by atoms with E-state index in [9.17, 15) is 24.0 Å². The quantitative estimate of drug-likeness (QED) is 0.247. The Balaban J connectivity index is 2.10. The topological polar surface area (TPSA) is 168 Å². The van der Waals surface area contributed by atoms with Gasteiger partial charge in [0.2, 0.25) is 5.91 Å². The van der Waals surface area contributed by atoms with Crippen molar-refractivity contribution in [3.63, 3.8) is 0 Å². The molecule has 2 rings (SSSR count). The summed E-state index contributed by atoms with van der Waals surface area (Å²) in [6.07, 6.45) is -1.60. The molecule has 4 N–H and O–H groups in total. The minimum absolute atomic E-state index is 0.0265. The van der Waals surface area contributed by atoms with Gasteiger partial charge in [0.05, 0.1) is 35.9 Å². The molecule has 1 aromatic carbocycles. The molecule has 34 heavy (non-hydrogen) atoms. The molecule has 1 aliphatic rings. The zero-order valence-corrected chi connectivity index (χ0v) is 19.8. The summed E-state index contributed by atoms with van der Waals surface area (Å²) < 4.78 is 10.6. The second kappa shape index (κ2) is 11.5. The molecule has 0 bridgehead atoms. The van der Waals surface area contributed by atoms with Gasteiger partial charge in [0.25, 0.3) is 5.91 Å². The van der Waals surface area contributed by atoms with E-state index >= 15 is 0 Å². The fraction of sp³-hybridized carbons (Fsp3) is 0.450. The molecule has 1 atom stereocenters. The maximum Gasteiger partial charge on any atom is 0.552 e. The van der Waals surface area contributed by atoms with Crippen LogP contribution in [0.5, 0.6) is 0 Å². The lowest BCUT2D eigenvalue weighted by molar-refractivity contribution is -0.157. The smallest absolute Gasteiger partial charge is 0.506 e. The van der Waals surface area contributed by atoms with Gasteiger partial charge in [0.15, 0.2) is 5.60 Å². The Labute approximate surface area is 205 Å². The largest absolute Gasteiger partial charge is 0.552 e. The molecule has 0 aromatic heterocycles. The van der Waals surface area contributed by atoms with Crippen LogP contribution in [0.2, 0.25) is 10.0 Å². The van der Waals surface area contributed by atoms with E-state index in [1.54, 1.807) is 0 Å². The maximum atomic E-state index is 12.5. The standard InChI is InChI=1S/C20H23BCl2N2O9/c1-10(2)5-14(21-33-19(32)20(34-21,7-16(27)28)8-17(29)30)25-15(26)9-24-18(31)12-6-11(22)3-4-13(12)23/h3-4,6,10,14H,5,7-9H2,1-2H3,(H,24,31)(H,25,26)(H,27,28)(H,29,30)/t14-/m0/s1/i3+1,4+1,6+1,9+1,11+1,12+1,13+1,15+1,18+1. The van der Waals surface area contributed by atoms with Crippen LogP contribution < -0.4 is 10.6 Å². The number of nitrogens with one attached hydrogen (secondary N) is 2. The molecule has 11 nitrogen and oxygen atoms in total. The van der Waals surface area contributed by atoms with Gasteiger partial charge in [-0.3, -0.25) is 24.0 Å². The van der Waals surface area contributed by atoms with Gasteiger partial charge in [-0.05, 0) is 30.5 Å². The number of carboxylic acid groups (broad SMARTS) is 2. The van der Waals surface area contributed by atoms with Crippen molar-refractivity contribution in [2.24, 2.45) is 5.92 Å². The van der Waals surface area contributed by atoms with Crippen LogP contribution in [-0.4, -0.2) is 65.1 Å². The second-order valence-corrected chi connectivity index (χ2v) is 8.98. The van der Waals surface area contributed by atoms with E-state index in [4.69, 9.17) is 42.7 Å². The second-order valence-electron chi connectivity index (χ2n) is 8.14. The van der Waals surface area contributed by atoms with Gasteiger partial charge in [-0.15, -0.1) is 0 Å². The van der Waals surface area contributed by atoms with Crippen LogP contribution >= 0.6 is 23.2 Å². The highest BCUT2D eigenvalue weighted by molar-refractivity contribution is 6.51. The molecule has 1 fully saturated rings. The minimum Gasteiger partial charge on any atom is -0.506 e. The highest BCUT2D eigenvalue weighted by atomic mass is 35.5. The predicted molar refractivity (Wildman–Crippen MR) is 120 cm³/mol. The third-order valence-corrected chi connectivity index (χ3v) is 5.36. The Kier molecular flexibility index (Phi) is 9.31. The van der Waals surface area contributed by atoms with E-state index in [1.807, 2.05) is 13.8 Å². The molecule has 0 saturated carbocycles. The SMILES string of the molecule is CC(C)C[C@H](N[13C](=O)[13CH2]N[13C](=O)[13c]1[13cH][13c](Cl)[13cH][13cH][13c]1Cl)B1OC(=O)C(CC(=O)O)(CC(=O)O)O1. The zero-order valence-electron chi connectivity index (χ0n) is 18.3. The normalized spacial score (nSPS) is 15.6. The number of carbonyl (C=O) groups excluding carboxylic acids is 3. The van der Waals surface area contributed by atoms with Gasteiger partial charge in [-0.2, -0.15) is 0 Å². The number of amides is 2. The number of halogens is 2. The number of rotatable bonds is 11. The third kappa shape index (κ3) is 7.34. The van der Waals surface area contributed by atoms with E-state index in [1.165, 1.54) is 18.2 Å². The van der Waals surface area contributed by atoms with Crippen molar-refractivity contribution in [2.45, 2.75) is 44.7 Å². The Morgan fingerprint density at radius 3 is 2.29 bits per heavy atom. The molecule has 0 aliphatic carbocycles. The summed E-state index contributed by atoms with van der Waals surface area (Å²) in [5.41, 5.74) is -2.15. The molecule has 0 unspecified atom stereocenters. The van der Waals surface area contributed by atoms with E-state index < -0.39 is 67.8 Å². The van der Waals surface area contributed by atoms with E-state index in [0.29, 0.717) is 0 Å². The predicted octanol–water partition coefficient (Wildman–Crippen LogP) is 1.54. The molecule has 1 heterocycles. The first-order valence-electron chi connectivity index (χ1n) is 10.2. The van der Waals surface area contributed by atoms with Crippen LogP contribution in [0.3, 0.4) is 0 Å². The average Bonchev–Trinajstić information content (AvgIpc) is 3.01. The van der Waals surface area contributed by atoms with Crippen molar-refractivity contribution < 1.29 is 43.5 Å². The third-order valence-electron chi connectivity index (χ3n) is 4.79. The first-order chi connectivity index (χ1) is 15.8. The Bertz CT molecular complexity index is 973. The van der Waals surface area contributed by atoms with Crippen LogP contribution in [-0.2, 0) is 28.5 Å². The molecule has 1 aromatic rings. The monoisotopic (exact) mass is 525 g/mol. The van der Waals surface area contributed by atoms with E-state index in [-0.39, 0.29) is 27.9 Å². The lowest BCUT2D eigenvalue weighted by atomic mass is 9.74. The Morgan fingerprint density at radius 1 is 1.12 bits per heavy atom. The van der Waals surface area contributed by atoms with Crippen LogP contribution in [0.1, 0.15) is 43.5 Å². The molecule has 184 valence electrons. The summed E-state index contributed by atoms with van der Waals surface area (Å²) in [7, 11) is -1.42. The van der Waals surface area contributed by atoms with Gasteiger partial charge in [0, 0.05) is 5.02 Å². The van der Waals surface area contributed by atoms with Crippen molar-refractivity contribution in [2.75, 3.05) is 6.54 Å².